The number of ether oxygens (including phenoxy) is 3. The van der Waals surface area contributed by atoms with Gasteiger partial charge in [-0.1, -0.05) is 34.6 Å². The molecule has 2 aromatic heterocycles. The van der Waals surface area contributed by atoms with Gasteiger partial charge in [0.05, 0.1) is 5.69 Å². The van der Waals surface area contributed by atoms with E-state index in [0.717, 1.165) is 12.8 Å². The van der Waals surface area contributed by atoms with Gasteiger partial charge in [0.2, 0.25) is 5.60 Å². The van der Waals surface area contributed by atoms with Crippen molar-refractivity contribution in [1.29, 1.82) is 5.26 Å². The summed E-state index contributed by atoms with van der Waals surface area (Å²) in [5.41, 5.74) is 4.07. The fourth-order valence-electron chi connectivity index (χ4n) is 5.68. The predicted octanol–water partition coefficient (Wildman–Crippen LogP) is 2.16. The van der Waals surface area contributed by atoms with Gasteiger partial charge in [-0.15, -0.1) is 0 Å². The Bertz CT molecular complexity index is 1160. The topological polar surface area (TPSA) is 165 Å². The van der Waals surface area contributed by atoms with Crippen LogP contribution in [0.4, 0.5) is 10.6 Å². The van der Waals surface area contributed by atoms with Crippen molar-refractivity contribution in [2.75, 3.05) is 12.3 Å². The average Bonchev–Trinajstić information content (AvgIpc) is 3.41. The molecule has 0 bridgehead atoms. The number of nitrogens with two attached hydrogens (primary N) is 1. The van der Waals surface area contributed by atoms with Crippen LogP contribution >= 0.6 is 0 Å². The van der Waals surface area contributed by atoms with E-state index in [1.54, 1.807) is 6.07 Å². The number of hydrogen-bond acceptors (Lipinski definition) is 10. The molecule has 7 atom stereocenters. The van der Waals surface area contributed by atoms with Crippen LogP contribution in [0.3, 0.4) is 0 Å². The normalized spacial score (nSPS) is 36.2. The molecule has 0 amide bonds. The van der Waals surface area contributed by atoms with Crippen molar-refractivity contribution in [3.05, 3.63) is 24.2 Å². The van der Waals surface area contributed by atoms with Gasteiger partial charge >= 0.3 is 6.16 Å². The summed E-state index contributed by atoms with van der Waals surface area (Å²) in [5.74, 6) is 0.532. The van der Waals surface area contributed by atoms with Gasteiger partial charge in [0.25, 0.3) is 0 Å². The van der Waals surface area contributed by atoms with Crippen molar-refractivity contribution in [2.24, 2.45) is 16.7 Å². The third-order valence-electron chi connectivity index (χ3n) is 8.23. The molecule has 190 valence electrons. The number of carbonyl (C=O) groups excluding carboxylic acids is 1. The second kappa shape index (κ2) is 8.62. The lowest BCUT2D eigenvalue weighted by Crippen LogP contribution is -2.41. The molecule has 4 N–H and O–H groups in total. The lowest BCUT2D eigenvalue weighted by molar-refractivity contribution is -0.0898. The molecule has 1 aliphatic carbocycles. The van der Waals surface area contributed by atoms with Crippen LogP contribution < -0.4 is 5.73 Å². The fourth-order valence-corrected chi connectivity index (χ4v) is 5.68. The SMILES string of the molecule is CCC1(C)CC(C)C(C)(C)C1OC(=O)OC[C@H]1O[C@@](C#N)(c2ccc3c(N)ncnn23)[C@H](O)[C@@H]1O. The van der Waals surface area contributed by atoms with Crippen LogP contribution in [0.1, 0.15) is 53.2 Å². The molecule has 11 nitrogen and oxygen atoms in total. The number of aliphatic hydroxyl groups excluding tert-OH is 2. The highest BCUT2D eigenvalue weighted by molar-refractivity contribution is 5.66. The van der Waals surface area contributed by atoms with Crippen molar-refractivity contribution in [3.63, 3.8) is 0 Å². The first-order valence-corrected chi connectivity index (χ1v) is 11.8. The van der Waals surface area contributed by atoms with Crippen molar-refractivity contribution in [3.8, 4) is 6.07 Å². The number of rotatable bonds is 5. The first-order valence-electron chi connectivity index (χ1n) is 11.8. The van der Waals surface area contributed by atoms with E-state index in [-0.39, 0.29) is 28.4 Å². The minimum atomic E-state index is -1.96. The van der Waals surface area contributed by atoms with Crippen LogP contribution in [-0.4, -0.2) is 62.0 Å². The third-order valence-corrected chi connectivity index (χ3v) is 8.23. The molecule has 1 saturated carbocycles. The first-order chi connectivity index (χ1) is 16.4. The number of anilines is 1. The van der Waals surface area contributed by atoms with Gasteiger partial charge in [-0.2, -0.15) is 10.4 Å². The molecule has 1 aliphatic heterocycles. The molecular weight excluding hydrogens is 454 g/mol. The third kappa shape index (κ3) is 3.80. The molecule has 0 aromatic carbocycles. The summed E-state index contributed by atoms with van der Waals surface area (Å²) in [5, 5.41) is 35.6. The van der Waals surface area contributed by atoms with E-state index < -0.39 is 36.7 Å². The van der Waals surface area contributed by atoms with Crippen molar-refractivity contribution in [2.45, 2.75) is 77.5 Å². The zero-order chi connectivity index (χ0) is 25.8. The Morgan fingerprint density at radius 1 is 1.37 bits per heavy atom. The zero-order valence-corrected chi connectivity index (χ0v) is 20.6. The Hall–Kier alpha value is -2.94. The van der Waals surface area contributed by atoms with Crippen molar-refractivity contribution in [1.82, 2.24) is 14.6 Å². The smallest absolute Gasteiger partial charge is 0.431 e. The molecule has 11 heteroatoms. The number of nitriles is 1. The molecule has 0 spiro atoms. The molecule has 35 heavy (non-hydrogen) atoms. The molecule has 0 radical (unpaired) electrons. The van der Waals surface area contributed by atoms with Gasteiger partial charge in [0.1, 0.15) is 48.9 Å². The minimum Gasteiger partial charge on any atom is -0.431 e. The van der Waals surface area contributed by atoms with Crippen molar-refractivity contribution >= 4 is 17.5 Å². The van der Waals surface area contributed by atoms with Crippen LogP contribution in [0.15, 0.2) is 18.5 Å². The molecular formula is C24H33N5O6. The monoisotopic (exact) mass is 487 g/mol. The number of carbonyl (C=O) groups is 1. The van der Waals surface area contributed by atoms with E-state index in [2.05, 4.69) is 44.7 Å². The summed E-state index contributed by atoms with van der Waals surface area (Å²) < 4.78 is 18.3. The van der Waals surface area contributed by atoms with Crippen LogP contribution in [0, 0.1) is 28.1 Å². The van der Waals surface area contributed by atoms with Crippen LogP contribution in [0.25, 0.3) is 5.52 Å². The second-order valence-electron chi connectivity index (χ2n) is 10.6. The fraction of sp³-hybridized carbons (Fsp3) is 0.667. The highest BCUT2D eigenvalue weighted by Crippen LogP contribution is 2.56. The maximum Gasteiger partial charge on any atom is 0.508 e. The van der Waals surface area contributed by atoms with E-state index in [0.29, 0.717) is 11.4 Å². The van der Waals surface area contributed by atoms with E-state index in [1.165, 1.54) is 16.9 Å². The summed E-state index contributed by atoms with van der Waals surface area (Å²) >= 11 is 0. The number of aromatic nitrogens is 3. The predicted molar refractivity (Wildman–Crippen MR) is 124 cm³/mol. The molecule has 2 aliphatic rings. The van der Waals surface area contributed by atoms with E-state index in [4.69, 9.17) is 19.9 Å². The van der Waals surface area contributed by atoms with Gasteiger partial charge < -0.3 is 30.2 Å². The Morgan fingerprint density at radius 2 is 2.09 bits per heavy atom. The largest absolute Gasteiger partial charge is 0.508 e. The number of nitrogen functional groups attached to an aromatic ring is 1. The van der Waals surface area contributed by atoms with Gasteiger partial charge in [-0.25, -0.2) is 14.3 Å². The van der Waals surface area contributed by atoms with Gasteiger partial charge in [-0.05, 0) is 30.9 Å². The van der Waals surface area contributed by atoms with E-state index >= 15 is 0 Å². The molecule has 3 unspecified atom stereocenters. The number of hydrogen-bond donors (Lipinski definition) is 3. The molecule has 3 heterocycles. The Labute approximate surface area is 203 Å². The summed E-state index contributed by atoms with van der Waals surface area (Å²) in [6, 6.07) is 5.06. The number of fused-ring (bicyclic) bond motifs is 1. The Morgan fingerprint density at radius 3 is 2.74 bits per heavy atom. The minimum absolute atomic E-state index is 0.168. The molecule has 4 rings (SSSR count). The maximum absolute atomic E-state index is 12.7. The lowest BCUT2D eigenvalue weighted by atomic mass is 9.77. The van der Waals surface area contributed by atoms with Gasteiger partial charge in [-0.3, -0.25) is 0 Å². The van der Waals surface area contributed by atoms with Crippen LogP contribution in [0.5, 0.6) is 0 Å². The van der Waals surface area contributed by atoms with Crippen LogP contribution in [0.2, 0.25) is 0 Å². The quantitative estimate of drug-likeness (QED) is 0.532. The summed E-state index contributed by atoms with van der Waals surface area (Å²) in [4.78, 5) is 16.6. The Balaban J connectivity index is 1.50. The summed E-state index contributed by atoms with van der Waals surface area (Å²) in [7, 11) is 0. The average molecular weight is 488 g/mol. The first kappa shape index (κ1) is 25.2. The van der Waals surface area contributed by atoms with Crippen LogP contribution in [-0.2, 0) is 19.8 Å². The highest BCUT2D eigenvalue weighted by atomic mass is 16.7. The lowest BCUT2D eigenvalue weighted by Gasteiger charge is -2.36. The van der Waals surface area contributed by atoms with Crippen molar-refractivity contribution < 1.29 is 29.2 Å². The molecule has 1 saturated heterocycles. The standard InChI is InChI=1S/C24H33N5O6/c1-6-23(5)9-13(2)22(3,4)20(23)34-21(32)33-10-15-17(30)18(31)24(11-25,35-15)16-8-7-14-19(26)27-12-28-29(14)16/h7-8,12-13,15,17-18,20,30-31H,6,9-10H2,1-5H3,(H2,26,27,28)/t13?,15-,17-,18-,20?,23?,24+/m1/s1. The molecule has 2 fully saturated rings. The van der Waals surface area contributed by atoms with Gasteiger partial charge in [0, 0.05) is 10.8 Å². The molecule has 2 aromatic rings. The summed E-state index contributed by atoms with van der Waals surface area (Å²) in [6.07, 6.45) is -2.56. The maximum atomic E-state index is 12.7. The van der Waals surface area contributed by atoms with Gasteiger partial charge in [0.15, 0.2) is 5.82 Å². The van der Waals surface area contributed by atoms with E-state index in [9.17, 15) is 20.3 Å². The van der Waals surface area contributed by atoms with E-state index in [1.807, 2.05) is 6.07 Å². The second-order valence-corrected chi connectivity index (χ2v) is 10.6. The highest BCUT2D eigenvalue weighted by Gasteiger charge is 2.58. The zero-order valence-electron chi connectivity index (χ0n) is 20.6. The number of nitrogens with zero attached hydrogens (tertiary/aromatic N) is 4. The summed E-state index contributed by atoms with van der Waals surface area (Å²) in [6.45, 7) is 10.1. The Kier molecular flexibility index (Phi) is 6.20. The number of aliphatic hydroxyl groups is 2.